The first-order valence-corrected chi connectivity index (χ1v) is 8.33. The molecule has 2 aromatic rings. The van der Waals surface area contributed by atoms with E-state index in [1.54, 1.807) is 0 Å². The molecule has 4 heteroatoms. The summed E-state index contributed by atoms with van der Waals surface area (Å²) in [5.41, 5.74) is 0. The molecule has 0 unspecified atom stereocenters. The van der Waals surface area contributed by atoms with Gasteiger partial charge in [0.25, 0.3) is 0 Å². The Bertz CT molecular complexity index is 499. The van der Waals surface area contributed by atoms with Gasteiger partial charge < -0.3 is 9.47 Å². The smallest absolute Gasteiger partial charge is 0.119 e. The zero-order chi connectivity index (χ0) is 15.2. The number of hydrogen-bond acceptors (Lipinski definition) is 2. The van der Waals surface area contributed by atoms with Crippen molar-refractivity contribution in [3.63, 3.8) is 0 Å². The molecule has 2 aromatic carbocycles. The summed E-state index contributed by atoms with van der Waals surface area (Å²) in [7, 11) is 0.650. The highest BCUT2D eigenvalue weighted by molar-refractivity contribution is 7.55. The Kier molecular flexibility index (Phi) is 7.72. The van der Waals surface area contributed by atoms with E-state index < -0.39 is 0 Å². The van der Waals surface area contributed by atoms with Gasteiger partial charge in [0.1, 0.15) is 11.5 Å². The molecule has 0 aliphatic rings. The van der Waals surface area contributed by atoms with Gasteiger partial charge >= 0.3 is 0 Å². The van der Waals surface area contributed by atoms with Crippen molar-refractivity contribution in [1.82, 2.24) is 0 Å². The van der Waals surface area contributed by atoms with Gasteiger partial charge in [-0.15, -0.1) is 12.4 Å². The van der Waals surface area contributed by atoms with Crippen LogP contribution in [0, 0.1) is 0 Å². The highest BCUT2D eigenvalue weighted by Crippen LogP contribution is 2.18. The molecule has 0 aromatic heterocycles. The first-order valence-electron chi connectivity index (χ1n) is 7.33. The monoisotopic (exact) mass is 338 g/mol. The van der Waals surface area contributed by atoms with E-state index in [1.165, 1.54) is 10.6 Å². The van der Waals surface area contributed by atoms with Crippen molar-refractivity contribution in [3.8, 4) is 11.5 Å². The molecule has 0 amide bonds. The standard InChI is InChI=1S/C18H23O2P.ClH/c1-13(2)19-15-5-9-17(10-6-15)21-18-11-7-16(8-12-18)20-14(3)4;/h5-14,21H,1-4H3;1H. The van der Waals surface area contributed by atoms with E-state index in [0.29, 0.717) is 8.58 Å². The van der Waals surface area contributed by atoms with Crippen LogP contribution in [0.3, 0.4) is 0 Å². The average Bonchev–Trinajstić information content (AvgIpc) is 2.42. The van der Waals surface area contributed by atoms with Crippen LogP contribution in [0.25, 0.3) is 0 Å². The van der Waals surface area contributed by atoms with Gasteiger partial charge in [-0.2, -0.15) is 0 Å². The summed E-state index contributed by atoms with van der Waals surface area (Å²) in [4.78, 5) is 0. The van der Waals surface area contributed by atoms with Crippen LogP contribution in [0.4, 0.5) is 0 Å². The molecule has 120 valence electrons. The van der Waals surface area contributed by atoms with Gasteiger partial charge in [-0.05, 0) is 62.6 Å². The first-order chi connectivity index (χ1) is 10.0. The lowest BCUT2D eigenvalue weighted by atomic mass is 10.3. The van der Waals surface area contributed by atoms with Gasteiger partial charge in [0.2, 0.25) is 0 Å². The molecule has 0 spiro atoms. The Hall–Kier alpha value is -1.24. The SMILES string of the molecule is CC(C)Oc1ccc(Pc2ccc(OC(C)C)cc2)cc1.Cl. The van der Waals surface area contributed by atoms with Crippen LogP contribution < -0.4 is 20.1 Å². The molecule has 2 nitrogen and oxygen atoms in total. The number of halogens is 1. The quantitative estimate of drug-likeness (QED) is 0.731. The van der Waals surface area contributed by atoms with Crippen molar-refractivity contribution in [2.24, 2.45) is 0 Å². The van der Waals surface area contributed by atoms with Gasteiger partial charge in [0, 0.05) is 0 Å². The van der Waals surface area contributed by atoms with Gasteiger partial charge in [-0.25, -0.2) is 0 Å². The maximum Gasteiger partial charge on any atom is 0.119 e. The van der Waals surface area contributed by atoms with Crippen LogP contribution in [0.1, 0.15) is 27.7 Å². The summed E-state index contributed by atoms with van der Waals surface area (Å²) in [5.74, 6) is 1.86. The normalized spacial score (nSPS) is 10.5. The average molecular weight is 339 g/mol. The minimum atomic E-state index is 0. The summed E-state index contributed by atoms with van der Waals surface area (Å²) in [5, 5.41) is 2.62. The Morgan fingerprint density at radius 3 is 1.23 bits per heavy atom. The van der Waals surface area contributed by atoms with Crippen molar-refractivity contribution >= 4 is 31.6 Å². The fourth-order valence-electron chi connectivity index (χ4n) is 1.94. The lowest BCUT2D eigenvalue weighted by molar-refractivity contribution is 0.242. The highest BCUT2D eigenvalue weighted by atomic mass is 35.5. The second-order valence-electron chi connectivity index (χ2n) is 5.51. The Morgan fingerprint density at radius 2 is 0.955 bits per heavy atom. The van der Waals surface area contributed by atoms with Crippen molar-refractivity contribution in [3.05, 3.63) is 48.5 Å². The van der Waals surface area contributed by atoms with Gasteiger partial charge in [0.15, 0.2) is 0 Å². The number of hydrogen-bond donors (Lipinski definition) is 0. The highest BCUT2D eigenvalue weighted by Gasteiger charge is 2.01. The van der Waals surface area contributed by atoms with Crippen LogP contribution in [-0.2, 0) is 0 Å². The lowest BCUT2D eigenvalue weighted by Gasteiger charge is -2.11. The van der Waals surface area contributed by atoms with Gasteiger partial charge in [-0.1, -0.05) is 32.8 Å². The van der Waals surface area contributed by atoms with Gasteiger partial charge in [0.05, 0.1) is 12.2 Å². The topological polar surface area (TPSA) is 18.5 Å². The molecule has 0 fully saturated rings. The van der Waals surface area contributed by atoms with E-state index in [-0.39, 0.29) is 24.6 Å². The largest absolute Gasteiger partial charge is 0.491 e. The van der Waals surface area contributed by atoms with Crippen LogP contribution in [0.5, 0.6) is 11.5 Å². The van der Waals surface area contributed by atoms with E-state index in [0.717, 1.165) is 11.5 Å². The molecule has 0 radical (unpaired) electrons. The minimum Gasteiger partial charge on any atom is -0.491 e. The Labute approximate surface area is 141 Å². The fourth-order valence-corrected chi connectivity index (χ4v) is 2.94. The van der Waals surface area contributed by atoms with Crippen LogP contribution in [0.2, 0.25) is 0 Å². The van der Waals surface area contributed by atoms with Crippen molar-refractivity contribution in [1.29, 1.82) is 0 Å². The van der Waals surface area contributed by atoms with Crippen LogP contribution in [0.15, 0.2) is 48.5 Å². The number of ether oxygens (including phenoxy) is 2. The molecule has 0 N–H and O–H groups in total. The number of benzene rings is 2. The molecule has 2 rings (SSSR count). The maximum atomic E-state index is 5.66. The molecule has 0 atom stereocenters. The number of rotatable bonds is 6. The van der Waals surface area contributed by atoms with Crippen LogP contribution >= 0.6 is 21.0 Å². The Morgan fingerprint density at radius 1 is 0.636 bits per heavy atom. The predicted molar refractivity (Wildman–Crippen MR) is 99.2 cm³/mol. The third kappa shape index (κ3) is 6.25. The second kappa shape index (κ2) is 9.02. The molecule has 0 aliphatic heterocycles. The zero-order valence-corrected chi connectivity index (χ0v) is 15.3. The molecule has 22 heavy (non-hydrogen) atoms. The third-order valence-corrected chi connectivity index (χ3v) is 3.98. The van der Waals surface area contributed by atoms with Gasteiger partial charge in [-0.3, -0.25) is 0 Å². The summed E-state index contributed by atoms with van der Waals surface area (Å²) in [6, 6.07) is 16.7. The van der Waals surface area contributed by atoms with Crippen molar-refractivity contribution in [2.45, 2.75) is 39.9 Å². The van der Waals surface area contributed by atoms with E-state index in [1.807, 2.05) is 52.0 Å². The van der Waals surface area contributed by atoms with E-state index in [2.05, 4.69) is 24.3 Å². The minimum absolute atomic E-state index is 0. The van der Waals surface area contributed by atoms with Crippen molar-refractivity contribution in [2.75, 3.05) is 0 Å². The molecular formula is C18H24ClO2P. The summed E-state index contributed by atoms with van der Waals surface area (Å²) >= 11 is 0. The van der Waals surface area contributed by atoms with E-state index >= 15 is 0 Å². The first kappa shape index (κ1) is 18.8. The Balaban J connectivity index is 0.00000242. The van der Waals surface area contributed by atoms with E-state index in [9.17, 15) is 0 Å². The summed E-state index contributed by atoms with van der Waals surface area (Å²) in [6.07, 6.45) is 0.429. The zero-order valence-electron chi connectivity index (χ0n) is 13.5. The molecule has 0 bridgehead atoms. The summed E-state index contributed by atoms with van der Waals surface area (Å²) in [6.45, 7) is 8.15. The second-order valence-corrected chi connectivity index (χ2v) is 6.91. The molecule has 0 saturated carbocycles. The summed E-state index contributed by atoms with van der Waals surface area (Å²) < 4.78 is 11.3. The molecule has 0 heterocycles. The molecule has 0 aliphatic carbocycles. The van der Waals surface area contributed by atoms with Crippen LogP contribution in [-0.4, -0.2) is 12.2 Å². The third-order valence-electron chi connectivity index (χ3n) is 2.74. The predicted octanol–water partition coefficient (Wildman–Crippen LogP) is 4.31. The maximum absolute atomic E-state index is 5.66. The van der Waals surface area contributed by atoms with Crippen molar-refractivity contribution < 1.29 is 9.47 Å². The fraction of sp³-hybridized carbons (Fsp3) is 0.333. The lowest BCUT2D eigenvalue weighted by Crippen LogP contribution is -2.08. The molecular weight excluding hydrogens is 315 g/mol. The van der Waals surface area contributed by atoms with E-state index in [4.69, 9.17) is 9.47 Å². The molecule has 0 saturated heterocycles.